The van der Waals surface area contributed by atoms with Crippen LogP contribution in [0.4, 0.5) is 0 Å². The van der Waals surface area contributed by atoms with Crippen LogP contribution >= 0.6 is 11.3 Å². The number of nitrogens with one attached hydrogen (secondary N) is 2. The van der Waals surface area contributed by atoms with Crippen LogP contribution in [-0.4, -0.2) is 63.1 Å². The Hall–Kier alpha value is -2.10. The molecule has 2 aromatic heterocycles. The van der Waals surface area contributed by atoms with Crippen molar-refractivity contribution >= 4 is 17.2 Å². The fourth-order valence-corrected chi connectivity index (χ4v) is 3.73. The number of piperidine rings is 1. The van der Waals surface area contributed by atoms with E-state index in [4.69, 9.17) is 0 Å². The van der Waals surface area contributed by atoms with E-state index in [0.717, 1.165) is 30.8 Å². The van der Waals surface area contributed by atoms with Crippen molar-refractivity contribution in [2.45, 2.75) is 32.2 Å². The molecule has 0 bridgehead atoms. The molecule has 1 atom stereocenters. The van der Waals surface area contributed by atoms with Gasteiger partial charge in [0.25, 0.3) is 11.5 Å². The van der Waals surface area contributed by atoms with Gasteiger partial charge in [0.2, 0.25) is 0 Å². The van der Waals surface area contributed by atoms with Crippen molar-refractivity contribution in [1.82, 2.24) is 25.2 Å². The number of aliphatic hydroxyl groups is 1. The van der Waals surface area contributed by atoms with E-state index in [2.05, 4.69) is 25.2 Å². The minimum Gasteiger partial charge on any atom is -0.395 e. The Kier molecular flexibility index (Phi) is 6.12. The maximum atomic E-state index is 12.3. The highest BCUT2D eigenvalue weighted by atomic mass is 32.1. The van der Waals surface area contributed by atoms with E-state index in [-0.39, 0.29) is 18.2 Å². The number of rotatable bonds is 6. The summed E-state index contributed by atoms with van der Waals surface area (Å²) >= 11 is 1.47. The number of H-pyrrole nitrogens is 1. The number of aromatic amines is 1. The van der Waals surface area contributed by atoms with Gasteiger partial charge in [0, 0.05) is 30.7 Å². The lowest BCUT2D eigenvalue weighted by Crippen LogP contribution is -2.45. The van der Waals surface area contributed by atoms with Gasteiger partial charge in [-0.2, -0.15) is 0 Å². The van der Waals surface area contributed by atoms with E-state index in [1.807, 2.05) is 12.3 Å². The minimum atomic E-state index is -0.482. The molecule has 3 heterocycles. The van der Waals surface area contributed by atoms with Gasteiger partial charge in [-0.25, -0.2) is 9.97 Å². The molecule has 1 unspecified atom stereocenters. The number of nitrogens with zero attached hydrogens (tertiary/aromatic N) is 3. The molecule has 0 saturated carbocycles. The SMILES string of the molecule is Cc1nc(-c2ncc(C(=O)NCCN3CCCCC3CO)c(=O)[nH]2)cs1. The van der Waals surface area contributed by atoms with E-state index in [9.17, 15) is 14.7 Å². The van der Waals surface area contributed by atoms with Crippen LogP contribution in [-0.2, 0) is 0 Å². The molecule has 1 saturated heterocycles. The Morgan fingerprint density at radius 1 is 1.50 bits per heavy atom. The first-order valence-electron chi connectivity index (χ1n) is 8.73. The molecular formula is C17H23N5O3S. The van der Waals surface area contributed by atoms with Gasteiger partial charge in [0.15, 0.2) is 5.82 Å². The topological polar surface area (TPSA) is 111 Å². The Morgan fingerprint density at radius 3 is 3.04 bits per heavy atom. The summed E-state index contributed by atoms with van der Waals surface area (Å²) in [7, 11) is 0. The first-order chi connectivity index (χ1) is 12.6. The molecule has 1 aliphatic rings. The lowest BCUT2D eigenvalue weighted by atomic mass is 10.0. The molecule has 8 nitrogen and oxygen atoms in total. The number of likely N-dealkylation sites (tertiary alicyclic amines) is 1. The van der Waals surface area contributed by atoms with Crippen LogP contribution in [0, 0.1) is 6.92 Å². The zero-order valence-corrected chi connectivity index (χ0v) is 15.5. The van der Waals surface area contributed by atoms with Gasteiger partial charge in [-0.1, -0.05) is 6.42 Å². The third kappa shape index (κ3) is 4.35. The van der Waals surface area contributed by atoms with E-state index >= 15 is 0 Å². The predicted molar refractivity (Wildman–Crippen MR) is 99.3 cm³/mol. The van der Waals surface area contributed by atoms with Crippen LogP contribution in [0.25, 0.3) is 11.5 Å². The van der Waals surface area contributed by atoms with Crippen LogP contribution in [0.15, 0.2) is 16.4 Å². The second-order valence-corrected chi connectivity index (χ2v) is 7.41. The van der Waals surface area contributed by atoms with Gasteiger partial charge in [-0.05, 0) is 26.3 Å². The first kappa shape index (κ1) is 18.7. The lowest BCUT2D eigenvalue weighted by molar-refractivity contribution is 0.0848. The maximum Gasteiger partial charge on any atom is 0.264 e. The summed E-state index contributed by atoms with van der Waals surface area (Å²) in [5.41, 5.74) is 0.0964. The Labute approximate surface area is 155 Å². The number of hydrogen-bond acceptors (Lipinski definition) is 7. The summed E-state index contributed by atoms with van der Waals surface area (Å²) in [5.74, 6) is -0.0904. The molecule has 1 aliphatic heterocycles. The third-order valence-corrected chi connectivity index (χ3v) is 5.32. The largest absolute Gasteiger partial charge is 0.395 e. The summed E-state index contributed by atoms with van der Waals surface area (Å²) in [6.07, 6.45) is 4.49. The fourth-order valence-electron chi connectivity index (χ4n) is 3.13. The molecular weight excluding hydrogens is 354 g/mol. The molecule has 3 rings (SSSR count). The van der Waals surface area contributed by atoms with Gasteiger partial charge in [-0.15, -0.1) is 11.3 Å². The summed E-state index contributed by atoms with van der Waals surface area (Å²) in [4.78, 5) is 37.7. The van der Waals surface area contributed by atoms with Crippen molar-refractivity contribution in [2.24, 2.45) is 0 Å². The van der Waals surface area contributed by atoms with Crippen LogP contribution in [0.3, 0.4) is 0 Å². The number of aromatic nitrogens is 3. The second kappa shape index (κ2) is 8.52. The number of aliphatic hydroxyl groups excluding tert-OH is 1. The number of aryl methyl sites for hydroxylation is 1. The molecule has 1 amide bonds. The molecule has 26 heavy (non-hydrogen) atoms. The van der Waals surface area contributed by atoms with Crippen molar-refractivity contribution in [2.75, 3.05) is 26.2 Å². The maximum absolute atomic E-state index is 12.3. The molecule has 0 aromatic carbocycles. The number of carbonyl (C=O) groups is 1. The monoisotopic (exact) mass is 377 g/mol. The van der Waals surface area contributed by atoms with Gasteiger partial charge in [0.05, 0.1) is 11.6 Å². The average molecular weight is 377 g/mol. The number of amides is 1. The van der Waals surface area contributed by atoms with Gasteiger partial charge < -0.3 is 15.4 Å². The molecule has 1 fully saturated rings. The summed E-state index contributed by atoms with van der Waals surface area (Å²) in [6, 6.07) is 0.159. The second-order valence-electron chi connectivity index (χ2n) is 6.35. The predicted octanol–water partition coefficient (Wildman–Crippen LogP) is 0.778. The highest BCUT2D eigenvalue weighted by Gasteiger charge is 2.21. The van der Waals surface area contributed by atoms with E-state index in [1.54, 1.807) is 0 Å². The molecule has 0 radical (unpaired) electrons. The number of carbonyl (C=O) groups excluding carboxylic acids is 1. The zero-order valence-electron chi connectivity index (χ0n) is 14.7. The van der Waals surface area contributed by atoms with E-state index < -0.39 is 11.5 Å². The smallest absolute Gasteiger partial charge is 0.264 e. The van der Waals surface area contributed by atoms with Crippen molar-refractivity contribution in [1.29, 1.82) is 0 Å². The van der Waals surface area contributed by atoms with E-state index in [0.29, 0.717) is 24.6 Å². The van der Waals surface area contributed by atoms with Crippen LogP contribution in [0.2, 0.25) is 0 Å². The van der Waals surface area contributed by atoms with E-state index in [1.165, 1.54) is 17.5 Å². The van der Waals surface area contributed by atoms with Gasteiger partial charge in [-0.3, -0.25) is 14.5 Å². The third-order valence-electron chi connectivity index (χ3n) is 4.55. The van der Waals surface area contributed by atoms with Crippen molar-refractivity contribution < 1.29 is 9.90 Å². The van der Waals surface area contributed by atoms with Crippen LogP contribution in [0.1, 0.15) is 34.6 Å². The van der Waals surface area contributed by atoms with Crippen LogP contribution in [0.5, 0.6) is 0 Å². The molecule has 0 aliphatic carbocycles. The Morgan fingerprint density at radius 2 is 2.35 bits per heavy atom. The summed E-state index contributed by atoms with van der Waals surface area (Å²) in [6.45, 7) is 4.00. The quantitative estimate of drug-likeness (QED) is 0.686. The van der Waals surface area contributed by atoms with Crippen LogP contribution < -0.4 is 10.9 Å². The van der Waals surface area contributed by atoms with Gasteiger partial charge in [0.1, 0.15) is 11.3 Å². The lowest BCUT2D eigenvalue weighted by Gasteiger charge is -2.34. The minimum absolute atomic E-state index is 0.0157. The normalized spacial score (nSPS) is 18.0. The molecule has 0 spiro atoms. The highest BCUT2D eigenvalue weighted by Crippen LogP contribution is 2.17. The standard InChI is InChI=1S/C17H23N5O3S/c1-11-20-14(10-26-11)15-19-8-13(17(25)21-15)16(24)18-5-7-22-6-3-2-4-12(22)9-23/h8,10,12,23H,2-7,9H2,1H3,(H,18,24)(H,19,21,25). The Balaban J connectivity index is 1.58. The van der Waals surface area contributed by atoms with Crippen molar-refractivity contribution in [3.63, 3.8) is 0 Å². The summed E-state index contributed by atoms with van der Waals surface area (Å²) in [5, 5.41) is 14.9. The number of hydrogen-bond donors (Lipinski definition) is 3. The van der Waals surface area contributed by atoms with Crippen molar-refractivity contribution in [3.8, 4) is 11.5 Å². The van der Waals surface area contributed by atoms with Crippen molar-refractivity contribution in [3.05, 3.63) is 32.5 Å². The average Bonchev–Trinajstić information content (AvgIpc) is 3.08. The highest BCUT2D eigenvalue weighted by molar-refractivity contribution is 7.09. The number of thiazole rings is 1. The molecule has 2 aromatic rings. The first-order valence-corrected chi connectivity index (χ1v) is 9.61. The zero-order chi connectivity index (χ0) is 18.5. The molecule has 140 valence electrons. The Bertz CT molecular complexity index is 819. The molecule has 3 N–H and O–H groups in total. The van der Waals surface area contributed by atoms with Gasteiger partial charge >= 0.3 is 0 Å². The summed E-state index contributed by atoms with van der Waals surface area (Å²) < 4.78 is 0. The fraction of sp³-hybridized carbons (Fsp3) is 0.529. The molecule has 9 heteroatoms.